The minimum atomic E-state index is 0.392. The fourth-order valence-electron chi connectivity index (χ4n) is 1.54. The first-order valence-electron chi connectivity index (χ1n) is 5.80. The van der Waals surface area contributed by atoms with Crippen LogP contribution in [0.2, 0.25) is 0 Å². The molecule has 0 amide bonds. The Kier molecular flexibility index (Phi) is 3.88. The van der Waals surface area contributed by atoms with Gasteiger partial charge in [-0.3, -0.25) is 5.43 Å². The van der Waals surface area contributed by atoms with Crippen LogP contribution in [0.15, 0.2) is 23.2 Å². The van der Waals surface area contributed by atoms with Crippen LogP contribution < -0.4 is 26.1 Å². The number of aliphatic imine (C=N–C) groups is 1. The molecule has 1 aromatic rings. The second kappa shape index (κ2) is 5.59. The number of rotatable bonds is 4. The predicted octanol–water partition coefficient (Wildman–Crippen LogP) is 1.10. The third-order valence-electron chi connectivity index (χ3n) is 2.64. The number of nitrogens with one attached hydrogen (secondary N) is 2. The topological polar surface area (TPSA) is 80.9 Å². The van der Waals surface area contributed by atoms with E-state index in [1.165, 1.54) is 0 Å². The van der Waals surface area contributed by atoms with E-state index in [1.54, 1.807) is 14.2 Å². The summed E-state index contributed by atoms with van der Waals surface area (Å²) < 4.78 is 10.4. The molecule has 1 fully saturated rings. The molecule has 6 heteroatoms. The molecular formula is C12H18N4O2. The Balaban J connectivity index is 2.12. The maximum atomic E-state index is 5.42. The molecule has 0 spiro atoms. The van der Waals surface area contributed by atoms with Crippen molar-refractivity contribution in [1.29, 1.82) is 0 Å². The van der Waals surface area contributed by atoms with Crippen molar-refractivity contribution in [2.45, 2.75) is 18.9 Å². The minimum Gasteiger partial charge on any atom is -0.493 e. The van der Waals surface area contributed by atoms with Gasteiger partial charge in [-0.2, -0.15) is 0 Å². The molecule has 0 heterocycles. The van der Waals surface area contributed by atoms with Crippen LogP contribution in [-0.4, -0.2) is 26.2 Å². The average Bonchev–Trinajstić information content (AvgIpc) is 3.21. The van der Waals surface area contributed by atoms with E-state index in [1.807, 2.05) is 18.2 Å². The molecule has 6 nitrogen and oxygen atoms in total. The lowest BCUT2D eigenvalue weighted by molar-refractivity contribution is 0.355. The third-order valence-corrected chi connectivity index (χ3v) is 2.64. The Morgan fingerprint density at radius 2 is 2.00 bits per heavy atom. The number of methoxy groups -OCH3 is 2. The van der Waals surface area contributed by atoms with E-state index in [2.05, 4.69) is 15.7 Å². The van der Waals surface area contributed by atoms with Gasteiger partial charge in [0.05, 0.1) is 20.3 Å². The summed E-state index contributed by atoms with van der Waals surface area (Å²) >= 11 is 0. The van der Waals surface area contributed by atoms with Crippen molar-refractivity contribution in [3.8, 4) is 11.5 Å². The molecule has 0 unspecified atom stereocenters. The first-order chi connectivity index (χ1) is 8.76. The van der Waals surface area contributed by atoms with E-state index in [0.717, 1.165) is 18.5 Å². The highest BCUT2D eigenvalue weighted by atomic mass is 16.5. The van der Waals surface area contributed by atoms with Gasteiger partial charge < -0.3 is 14.8 Å². The molecule has 18 heavy (non-hydrogen) atoms. The van der Waals surface area contributed by atoms with E-state index in [9.17, 15) is 0 Å². The SMILES string of the molecule is COc1ccc(NC(=NC2CC2)NN)cc1OC. The lowest BCUT2D eigenvalue weighted by atomic mass is 10.3. The molecule has 0 bridgehead atoms. The van der Waals surface area contributed by atoms with E-state index < -0.39 is 0 Å². The normalized spacial score (nSPS) is 15.2. The predicted molar refractivity (Wildman–Crippen MR) is 70.9 cm³/mol. The van der Waals surface area contributed by atoms with E-state index in [0.29, 0.717) is 23.5 Å². The van der Waals surface area contributed by atoms with Gasteiger partial charge in [0.15, 0.2) is 11.5 Å². The van der Waals surface area contributed by atoms with Gasteiger partial charge in [-0.25, -0.2) is 10.8 Å². The molecule has 0 atom stereocenters. The zero-order valence-corrected chi connectivity index (χ0v) is 10.6. The van der Waals surface area contributed by atoms with Crippen LogP contribution in [0.4, 0.5) is 5.69 Å². The van der Waals surface area contributed by atoms with Gasteiger partial charge in [0.1, 0.15) is 0 Å². The van der Waals surface area contributed by atoms with Gasteiger partial charge in [0, 0.05) is 11.8 Å². The Morgan fingerprint density at radius 1 is 1.28 bits per heavy atom. The van der Waals surface area contributed by atoms with Crippen LogP contribution in [0.1, 0.15) is 12.8 Å². The van der Waals surface area contributed by atoms with Gasteiger partial charge in [-0.15, -0.1) is 0 Å². The van der Waals surface area contributed by atoms with Crippen LogP contribution >= 0.6 is 0 Å². The summed E-state index contributed by atoms with van der Waals surface area (Å²) in [5, 5.41) is 3.10. The largest absolute Gasteiger partial charge is 0.493 e. The second-order valence-electron chi connectivity index (χ2n) is 4.05. The van der Waals surface area contributed by atoms with Gasteiger partial charge in [0.25, 0.3) is 0 Å². The number of hydrogen-bond acceptors (Lipinski definition) is 4. The molecule has 1 aliphatic carbocycles. The van der Waals surface area contributed by atoms with Gasteiger partial charge in [-0.05, 0) is 25.0 Å². The Bertz CT molecular complexity index is 444. The molecule has 4 N–H and O–H groups in total. The first kappa shape index (κ1) is 12.5. The lowest BCUT2D eigenvalue weighted by Gasteiger charge is -2.12. The van der Waals surface area contributed by atoms with Crippen LogP contribution in [0.3, 0.4) is 0 Å². The number of guanidine groups is 1. The summed E-state index contributed by atoms with van der Waals surface area (Å²) in [6, 6.07) is 5.93. The molecule has 0 saturated heterocycles. The van der Waals surface area contributed by atoms with Crippen LogP contribution in [-0.2, 0) is 0 Å². The third kappa shape index (κ3) is 3.04. The highest BCUT2D eigenvalue weighted by Gasteiger charge is 2.21. The van der Waals surface area contributed by atoms with Crippen LogP contribution in [0.5, 0.6) is 11.5 Å². The summed E-state index contributed by atoms with van der Waals surface area (Å²) in [4.78, 5) is 4.40. The van der Waals surface area contributed by atoms with Crippen molar-refractivity contribution >= 4 is 11.6 Å². The second-order valence-corrected chi connectivity index (χ2v) is 4.05. The van der Waals surface area contributed by atoms with Crippen molar-refractivity contribution in [3.63, 3.8) is 0 Å². The van der Waals surface area contributed by atoms with E-state index in [-0.39, 0.29) is 0 Å². The fraction of sp³-hybridized carbons (Fsp3) is 0.417. The highest BCUT2D eigenvalue weighted by molar-refractivity contribution is 5.93. The lowest BCUT2D eigenvalue weighted by Crippen LogP contribution is -2.36. The highest BCUT2D eigenvalue weighted by Crippen LogP contribution is 2.30. The maximum absolute atomic E-state index is 5.42. The fourth-order valence-corrected chi connectivity index (χ4v) is 1.54. The molecule has 2 rings (SSSR count). The van der Waals surface area contributed by atoms with Crippen LogP contribution in [0, 0.1) is 0 Å². The number of hydrazine groups is 1. The zero-order valence-electron chi connectivity index (χ0n) is 10.6. The number of nitrogens with zero attached hydrogens (tertiary/aromatic N) is 1. The molecule has 0 aliphatic heterocycles. The number of ether oxygens (including phenoxy) is 2. The summed E-state index contributed by atoms with van der Waals surface area (Å²) in [7, 11) is 3.20. The average molecular weight is 250 g/mol. The van der Waals surface area contributed by atoms with Crippen molar-refractivity contribution in [2.24, 2.45) is 10.8 Å². The summed E-state index contributed by atoms with van der Waals surface area (Å²) in [5.74, 6) is 7.33. The van der Waals surface area contributed by atoms with Crippen molar-refractivity contribution in [1.82, 2.24) is 5.43 Å². The summed E-state index contributed by atoms with van der Waals surface area (Å²) in [5.41, 5.74) is 3.39. The van der Waals surface area contributed by atoms with Crippen LogP contribution in [0.25, 0.3) is 0 Å². The van der Waals surface area contributed by atoms with E-state index in [4.69, 9.17) is 15.3 Å². The molecule has 0 radical (unpaired) electrons. The first-order valence-corrected chi connectivity index (χ1v) is 5.80. The number of anilines is 1. The van der Waals surface area contributed by atoms with Crippen molar-refractivity contribution < 1.29 is 9.47 Å². The Hall–Kier alpha value is -1.95. The molecular weight excluding hydrogens is 232 g/mol. The number of benzene rings is 1. The molecule has 0 aromatic heterocycles. The zero-order chi connectivity index (χ0) is 13.0. The van der Waals surface area contributed by atoms with Gasteiger partial charge >= 0.3 is 0 Å². The molecule has 1 aliphatic rings. The molecule has 98 valence electrons. The quantitative estimate of drug-likeness (QED) is 0.323. The van der Waals surface area contributed by atoms with Crippen molar-refractivity contribution in [2.75, 3.05) is 19.5 Å². The van der Waals surface area contributed by atoms with Gasteiger partial charge in [-0.1, -0.05) is 0 Å². The Morgan fingerprint density at radius 3 is 2.56 bits per heavy atom. The number of hydrogen-bond donors (Lipinski definition) is 3. The molecule has 1 saturated carbocycles. The molecule has 1 aromatic carbocycles. The Labute approximate surface area is 106 Å². The van der Waals surface area contributed by atoms with E-state index >= 15 is 0 Å². The van der Waals surface area contributed by atoms with Gasteiger partial charge in [0.2, 0.25) is 5.96 Å². The standard InChI is InChI=1S/C12H18N4O2/c1-17-10-6-5-9(7-11(10)18-2)15-12(16-13)14-8-3-4-8/h5-8H,3-4,13H2,1-2H3,(H2,14,15,16). The van der Waals surface area contributed by atoms with Crippen molar-refractivity contribution in [3.05, 3.63) is 18.2 Å². The maximum Gasteiger partial charge on any atom is 0.210 e. The summed E-state index contributed by atoms with van der Waals surface area (Å²) in [6.45, 7) is 0. The number of nitrogens with two attached hydrogens (primary N) is 1. The minimum absolute atomic E-state index is 0.392. The summed E-state index contributed by atoms with van der Waals surface area (Å²) in [6.07, 6.45) is 2.25. The smallest absolute Gasteiger partial charge is 0.210 e. The monoisotopic (exact) mass is 250 g/mol.